The lowest BCUT2D eigenvalue weighted by atomic mass is 9.95. The van der Waals surface area contributed by atoms with Crippen LogP contribution in [0, 0.1) is 0 Å². The number of alkyl halides is 9. The first-order chi connectivity index (χ1) is 14.4. The largest absolute Gasteiger partial charge is 0.428 e. The molecule has 0 bridgehead atoms. The molecule has 1 aliphatic rings. The first kappa shape index (κ1) is 23.8. The molecule has 1 aliphatic heterocycles. The molecular weight excluding hydrogens is 489 g/mol. The minimum atomic E-state index is -7.88. The highest BCUT2D eigenvalue weighted by Crippen LogP contribution is 2.58. The Morgan fingerprint density at radius 3 is 1.41 bits per heavy atom. The minimum absolute atomic E-state index is 0.157. The van der Waals surface area contributed by atoms with Gasteiger partial charge in [0.15, 0.2) is 0 Å². The highest BCUT2D eigenvalue weighted by molar-refractivity contribution is 7.88. The van der Waals surface area contributed by atoms with Gasteiger partial charge in [-0.15, -0.1) is 9.35 Å². The summed E-state index contributed by atoms with van der Waals surface area (Å²) in [5.41, 5.74) is -1.21. The molecular formula is C16H6F9NO5S. The zero-order valence-electron chi connectivity index (χ0n) is 14.8. The quantitative estimate of drug-likeness (QED) is 0.473. The van der Waals surface area contributed by atoms with Gasteiger partial charge in [-0.2, -0.15) is 47.9 Å². The van der Waals surface area contributed by atoms with E-state index < -0.39 is 61.4 Å². The van der Waals surface area contributed by atoms with Gasteiger partial charge in [0.2, 0.25) is 0 Å². The molecule has 0 fully saturated rings. The Morgan fingerprint density at radius 1 is 0.688 bits per heavy atom. The van der Waals surface area contributed by atoms with Crippen LogP contribution in [0.1, 0.15) is 20.7 Å². The van der Waals surface area contributed by atoms with Gasteiger partial charge in [-0.25, -0.2) is 0 Å². The average molecular weight is 495 g/mol. The molecule has 0 spiro atoms. The van der Waals surface area contributed by atoms with Crippen molar-refractivity contribution in [3.63, 3.8) is 0 Å². The molecule has 0 atom stereocenters. The predicted octanol–water partition coefficient (Wildman–Crippen LogP) is 4.12. The zero-order valence-corrected chi connectivity index (χ0v) is 15.6. The van der Waals surface area contributed by atoms with Crippen LogP contribution in [0.2, 0.25) is 0 Å². The lowest BCUT2D eigenvalue weighted by Crippen LogP contribution is -2.71. The summed E-state index contributed by atoms with van der Waals surface area (Å²) in [5.74, 6) is -3.77. The van der Waals surface area contributed by atoms with E-state index in [1.807, 2.05) is 0 Å². The smallest absolute Gasteiger partial charge is 0.266 e. The van der Waals surface area contributed by atoms with Gasteiger partial charge >= 0.3 is 33.4 Å². The van der Waals surface area contributed by atoms with Crippen molar-refractivity contribution < 1.29 is 61.8 Å². The Hall–Kier alpha value is -2.88. The zero-order chi connectivity index (χ0) is 24.5. The van der Waals surface area contributed by atoms with Crippen LogP contribution in [0.5, 0.6) is 0 Å². The van der Waals surface area contributed by atoms with Crippen molar-refractivity contribution in [2.24, 2.45) is 0 Å². The fourth-order valence-electron chi connectivity index (χ4n) is 3.14. The van der Waals surface area contributed by atoms with Crippen LogP contribution in [-0.2, 0) is 14.4 Å². The van der Waals surface area contributed by atoms with Gasteiger partial charge in [0, 0.05) is 5.39 Å². The van der Waals surface area contributed by atoms with Crippen LogP contribution < -0.4 is 0 Å². The molecule has 0 saturated carbocycles. The van der Waals surface area contributed by atoms with E-state index in [1.54, 1.807) is 0 Å². The molecule has 6 nitrogen and oxygen atoms in total. The monoisotopic (exact) mass is 495 g/mol. The highest BCUT2D eigenvalue weighted by atomic mass is 32.2. The molecule has 174 valence electrons. The van der Waals surface area contributed by atoms with Gasteiger partial charge in [0.1, 0.15) is 0 Å². The molecule has 3 rings (SSSR count). The fraction of sp³-hybridized carbons (Fsp3) is 0.250. The van der Waals surface area contributed by atoms with Crippen molar-refractivity contribution in [2.75, 3.05) is 0 Å². The van der Waals surface area contributed by atoms with Crippen LogP contribution in [0.25, 0.3) is 10.8 Å². The number of hydrogen-bond acceptors (Lipinski definition) is 5. The standard InChI is InChI=1S/C16H6F9NO5S/c17-14(18,19)13(15(20,21)22,16(23,24)25)32(29,30)31-26-11(27)8-5-1-3-7-4-2-6-9(10(7)8)12(26)28/h1-6H. The summed E-state index contributed by atoms with van der Waals surface area (Å²) in [6, 6.07) is 6.86. The third kappa shape index (κ3) is 3.03. The first-order valence-corrected chi connectivity index (χ1v) is 9.34. The van der Waals surface area contributed by atoms with Crippen molar-refractivity contribution in [1.82, 2.24) is 5.06 Å². The van der Waals surface area contributed by atoms with E-state index >= 15 is 0 Å². The number of hydroxylamine groups is 2. The van der Waals surface area contributed by atoms with Crippen LogP contribution in [0.3, 0.4) is 0 Å². The molecule has 2 aromatic rings. The Bertz CT molecular complexity index is 1140. The van der Waals surface area contributed by atoms with Crippen LogP contribution in [0.4, 0.5) is 39.5 Å². The number of hydrogen-bond donors (Lipinski definition) is 0. The number of nitrogens with zero attached hydrogens (tertiary/aromatic N) is 1. The van der Waals surface area contributed by atoms with E-state index in [2.05, 4.69) is 4.28 Å². The second-order valence-corrected chi connectivity index (χ2v) is 7.99. The summed E-state index contributed by atoms with van der Waals surface area (Å²) in [4.78, 5) is 24.9. The average Bonchev–Trinajstić information content (AvgIpc) is 2.59. The normalized spacial score (nSPS) is 16.1. The van der Waals surface area contributed by atoms with Crippen molar-refractivity contribution in [3.8, 4) is 0 Å². The number of carbonyl (C=O) groups is 2. The third-order valence-electron chi connectivity index (χ3n) is 4.48. The van der Waals surface area contributed by atoms with Gasteiger partial charge in [-0.1, -0.05) is 24.3 Å². The van der Waals surface area contributed by atoms with E-state index in [-0.39, 0.29) is 10.8 Å². The Morgan fingerprint density at radius 2 is 1.06 bits per heavy atom. The molecule has 1 heterocycles. The first-order valence-electron chi connectivity index (χ1n) is 7.93. The van der Waals surface area contributed by atoms with Gasteiger partial charge in [-0.05, 0) is 17.5 Å². The van der Waals surface area contributed by atoms with E-state index in [9.17, 15) is 57.5 Å². The highest BCUT2D eigenvalue weighted by Gasteiger charge is 2.92. The van der Waals surface area contributed by atoms with Crippen LogP contribution in [-0.4, -0.2) is 48.6 Å². The SMILES string of the molecule is O=C1c2cccc3cccc(c23)C(=O)N1OS(=O)(=O)C(C(F)(F)F)(C(F)(F)F)C(F)(F)F. The van der Waals surface area contributed by atoms with Gasteiger partial charge in [0.05, 0.1) is 11.1 Å². The molecule has 0 aromatic heterocycles. The maximum Gasteiger partial charge on any atom is 0.428 e. The summed E-state index contributed by atoms with van der Waals surface area (Å²) >= 11 is 0. The van der Waals surface area contributed by atoms with Crippen LogP contribution in [0.15, 0.2) is 36.4 Å². The molecule has 0 saturated heterocycles. The second kappa shape index (κ2) is 6.81. The summed E-state index contributed by atoms with van der Waals surface area (Å²) in [5, 5.41) is -1.04. The number of rotatable bonds is 3. The summed E-state index contributed by atoms with van der Waals surface area (Å²) in [6.45, 7) is 0. The van der Waals surface area contributed by atoms with Crippen molar-refractivity contribution in [2.45, 2.75) is 23.3 Å². The van der Waals surface area contributed by atoms with Gasteiger partial charge < -0.3 is 0 Å². The predicted molar refractivity (Wildman–Crippen MR) is 85.3 cm³/mol. The lowest BCUT2D eigenvalue weighted by molar-refractivity contribution is -0.350. The number of imide groups is 1. The number of carbonyl (C=O) groups excluding carboxylic acids is 2. The molecule has 0 radical (unpaired) electrons. The maximum absolute atomic E-state index is 13.1. The fourth-order valence-corrected chi connectivity index (χ4v) is 4.43. The van der Waals surface area contributed by atoms with Gasteiger partial charge in [0.25, 0.3) is 11.8 Å². The van der Waals surface area contributed by atoms with E-state index in [0.29, 0.717) is 0 Å². The molecule has 0 aliphatic carbocycles. The molecule has 2 aromatic carbocycles. The van der Waals surface area contributed by atoms with Crippen LogP contribution >= 0.6 is 0 Å². The van der Waals surface area contributed by atoms with Crippen molar-refractivity contribution in [3.05, 3.63) is 47.5 Å². The minimum Gasteiger partial charge on any atom is -0.266 e. The maximum atomic E-state index is 13.1. The number of amides is 2. The Kier molecular flexibility index (Phi) is 5.06. The number of benzene rings is 2. The second-order valence-electron chi connectivity index (χ2n) is 6.32. The molecule has 16 heteroatoms. The Balaban J connectivity index is 2.23. The molecule has 32 heavy (non-hydrogen) atoms. The topological polar surface area (TPSA) is 80.8 Å². The summed E-state index contributed by atoms with van der Waals surface area (Å²) in [6.07, 6.45) is -22.6. The lowest BCUT2D eigenvalue weighted by Gasteiger charge is -2.37. The van der Waals surface area contributed by atoms with Crippen molar-refractivity contribution >= 4 is 32.7 Å². The molecule has 0 N–H and O–H groups in total. The van der Waals surface area contributed by atoms with E-state index in [4.69, 9.17) is 0 Å². The summed E-state index contributed by atoms with van der Waals surface area (Å²) < 4.78 is 138. The summed E-state index contributed by atoms with van der Waals surface area (Å²) in [7, 11) is -7.88. The molecule has 2 amide bonds. The van der Waals surface area contributed by atoms with E-state index in [0.717, 1.165) is 24.3 Å². The molecule has 0 unspecified atom stereocenters. The van der Waals surface area contributed by atoms with Crippen molar-refractivity contribution in [1.29, 1.82) is 0 Å². The van der Waals surface area contributed by atoms with E-state index in [1.165, 1.54) is 12.1 Å². The Labute approximate surface area is 171 Å². The van der Waals surface area contributed by atoms with Gasteiger partial charge in [-0.3, -0.25) is 9.59 Å². The number of halogens is 9. The third-order valence-corrected chi connectivity index (χ3v) is 6.27.